The molecule has 2 heterocycles. The number of hydrogen-bond donors (Lipinski definition) is 0. The summed E-state index contributed by atoms with van der Waals surface area (Å²) in [7, 11) is 5.47. The fourth-order valence-corrected chi connectivity index (χ4v) is 3.34. The van der Waals surface area contributed by atoms with Crippen molar-refractivity contribution in [2.45, 2.75) is 11.3 Å². The number of anilines is 1. The second kappa shape index (κ2) is 7.61. The van der Waals surface area contributed by atoms with Crippen molar-refractivity contribution in [1.82, 2.24) is 9.38 Å². The molecule has 0 aliphatic carbocycles. The zero-order valence-corrected chi connectivity index (χ0v) is 15.4. The van der Waals surface area contributed by atoms with E-state index in [9.17, 15) is 4.79 Å². The van der Waals surface area contributed by atoms with Gasteiger partial charge in [0.2, 0.25) is 0 Å². The average Bonchev–Trinajstić information content (AvgIpc) is 3.05. The molecule has 0 saturated heterocycles. The van der Waals surface area contributed by atoms with Crippen LogP contribution in [0.4, 0.5) is 5.69 Å². The maximum Gasteiger partial charge on any atom is 0.306 e. The van der Waals surface area contributed by atoms with Gasteiger partial charge in [-0.2, -0.15) is 0 Å². The highest BCUT2D eigenvalue weighted by Gasteiger charge is 2.07. The molecule has 6 heteroatoms. The summed E-state index contributed by atoms with van der Waals surface area (Å²) in [6.07, 6.45) is 4.49. The van der Waals surface area contributed by atoms with Crippen LogP contribution in [0.2, 0.25) is 0 Å². The van der Waals surface area contributed by atoms with Crippen LogP contribution in [0.5, 0.6) is 0 Å². The Balaban J connectivity index is 1.76. The van der Waals surface area contributed by atoms with Crippen molar-refractivity contribution >= 4 is 29.1 Å². The van der Waals surface area contributed by atoms with E-state index in [4.69, 9.17) is 0 Å². The molecule has 5 nitrogen and oxygen atoms in total. The van der Waals surface area contributed by atoms with E-state index in [0.717, 1.165) is 27.5 Å². The van der Waals surface area contributed by atoms with Crippen molar-refractivity contribution in [3.8, 4) is 11.3 Å². The molecule has 0 spiro atoms. The molecule has 0 unspecified atom stereocenters. The van der Waals surface area contributed by atoms with Crippen LogP contribution >= 0.6 is 11.8 Å². The van der Waals surface area contributed by atoms with Crippen LogP contribution in [0.1, 0.15) is 6.42 Å². The number of carbonyl (C=O) groups excluding carboxylic acids is 1. The highest BCUT2D eigenvalue weighted by molar-refractivity contribution is 7.99. The van der Waals surface area contributed by atoms with Gasteiger partial charge in [-0.05, 0) is 24.3 Å². The Morgan fingerprint density at radius 3 is 2.60 bits per heavy atom. The second-order valence-electron chi connectivity index (χ2n) is 5.87. The Hall–Kier alpha value is -2.47. The number of esters is 1. The van der Waals surface area contributed by atoms with E-state index in [2.05, 4.69) is 38.9 Å². The molecule has 2 aromatic heterocycles. The van der Waals surface area contributed by atoms with Crippen LogP contribution < -0.4 is 4.90 Å². The third-order valence-electron chi connectivity index (χ3n) is 3.91. The molecule has 130 valence electrons. The lowest BCUT2D eigenvalue weighted by atomic mass is 10.1. The zero-order valence-electron chi connectivity index (χ0n) is 14.6. The molecule has 0 amide bonds. The summed E-state index contributed by atoms with van der Waals surface area (Å²) in [5.41, 5.74) is 4.11. The van der Waals surface area contributed by atoms with Gasteiger partial charge < -0.3 is 14.0 Å². The molecule has 25 heavy (non-hydrogen) atoms. The van der Waals surface area contributed by atoms with Crippen LogP contribution in [0.3, 0.4) is 0 Å². The average molecular weight is 355 g/mol. The number of pyridine rings is 1. The third kappa shape index (κ3) is 4.14. The minimum atomic E-state index is -0.181. The predicted molar refractivity (Wildman–Crippen MR) is 102 cm³/mol. The van der Waals surface area contributed by atoms with Crippen LogP contribution in [-0.4, -0.2) is 42.3 Å². The number of ether oxygens (including phenoxy) is 1. The molecule has 0 aliphatic heterocycles. The summed E-state index contributed by atoms with van der Waals surface area (Å²) >= 11 is 1.63. The normalized spacial score (nSPS) is 10.8. The molecule has 0 radical (unpaired) electrons. The summed E-state index contributed by atoms with van der Waals surface area (Å²) in [4.78, 5) is 19.0. The first-order valence-corrected chi connectivity index (χ1v) is 9.01. The Kier molecular flexibility index (Phi) is 5.28. The lowest BCUT2D eigenvalue weighted by Crippen LogP contribution is -2.07. The monoisotopic (exact) mass is 355 g/mol. The topological polar surface area (TPSA) is 46.8 Å². The van der Waals surface area contributed by atoms with Gasteiger partial charge in [-0.15, -0.1) is 11.8 Å². The van der Waals surface area contributed by atoms with E-state index >= 15 is 0 Å². The quantitative estimate of drug-likeness (QED) is 0.498. The number of nitrogens with zero attached hydrogens (tertiary/aromatic N) is 3. The number of fused-ring (bicyclic) bond motifs is 1. The van der Waals surface area contributed by atoms with Crippen LogP contribution in [0, 0.1) is 0 Å². The summed E-state index contributed by atoms with van der Waals surface area (Å²) in [5, 5.41) is 0. The SMILES string of the molecule is COC(=O)CCSc1ccc2nc(-c3ccc(N(C)C)cc3)cn2c1. The highest BCUT2D eigenvalue weighted by Crippen LogP contribution is 2.24. The highest BCUT2D eigenvalue weighted by atomic mass is 32.2. The van der Waals surface area contributed by atoms with Crippen LogP contribution in [-0.2, 0) is 9.53 Å². The fourth-order valence-electron chi connectivity index (χ4n) is 2.48. The first kappa shape index (κ1) is 17.4. The van der Waals surface area contributed by atoms with Crippen molar-refractivity contribution < 1.29 is 9.53 Å². The molecule has 3 rings (SSSR count). The van der Waals surface area contributed by atoms with Gasteiger partial charge >= 0.3 is 5.97 Å². The minimum absolute atomic E-state index is 0.181. The van der Waals surface area contributed by atoms with Gasteiger partial charge in [0.1, 0.15) is 5.65 Å². The molecule has 3 aromatic rings. The number of benzene rings is 1. The number of imidazole rings is 1. The van der Waals surface area contributed by atoms with Crippen molar-refractivity contribution in [3.05, 3.63) is 48.8 Å². The van der Waals surface area contributed by atoms with E-state index < -0.39 is 0 Å². The molecule has 0 saturated carbocycles. The molecule has 1 aromatic carbocycles. The largest absolute Gasteiger partial charge is 0.469 e. The van der Waals surface area contributed by atoms with Crippen molar-refractivity contribution in [2.75, 3.05) is 31.9 Å². The first-order chi connectivity index (χ1) is 12.1. The Labute approximate surface area is 151 Å². The predicted octanol–water partition coefficient (Wildman–Crippen LogP) is 3.72. The summed E-state index contributed by atoms with van der Waals surface area (Å²) in [5.74, 6) is 0.519. The maximum atomic E-state index is 11.2. The Bertz CT molecular complexity index is 872. The molecule has 0 bridgehead atoms. The van der Waals surface area contributed by atoms with Gasteiger partial charge in [0.05, 0.1) is 19.2 Å². The Morgan fingerprint density at radius 1 is 1.16 bits per heavy atom. The maximum absolute atomic E-state index is 11.2. The van der Waals surface area contributed by atoms with E-state index in [0.29, 0.717) is 12.2 Å². The second-order valence-corrected chi connectivity index (χ2v) is 7.04. The van der Waals surface area contributed by atoms with Gasteiger partial charge in [-0.25, -0.2) is 4.98 Å². The van der Waals surface area contributed by atoms with E-state index in [1.165, 1.54) is 7.11 Å². The number of rotatable bonds is 6. The molecule has 0 aliphatic rings. The summed E-state index contributed by atoms with van der Waals surface area (Å²) in [6, 6.07) is 12.4. The van der Waals surface area contributed by atoms with Gasteiger partial charge in [0.15, 0.2) is 0 Å². The van der Waals surface area contributed by atoms with Gasteiger partial charge in [-0.3, -0.25) is 4.79 Å². The molecule has 0 atom stereocenters. The third-order valence-corrected chi connectivity index (χ3v) is 4.89. The van der Waals surface area contributed by atoms with E-state index in [1.54, 1.807) is 11.8 Å². The standard InChI is InChI=1S/C19H21N3O2S/c1-21(2)15-6-4-14(5-7-15)17-13-22-12-16(8-9-18(22)20-17)25-11-10-19(23)24-3/h4-9,12-13H,10-11H2,1-3H3. The first-order valence-electron chi connectivity index (χ1n) is 8.03. The zero-order chi connectivity index (χ0) is 17.8. The van der Waals surface area contributed by atoms with Gasteiger partial charge in [-0.1, -0.05) is 12.1 Å². The van der Waals surface area contributed by atoms with Crippen molar-refractivity contribution in [1.29, 1.82) is 0 Å². The van der Waals surface area contributed by atoms with Gasteiger partial charge in [0.25, 0.3) is 0 Å². The number of hydrogen-bond acceptors (Lipinski definition) is 5. The number of aromatic nitrogens is 2. The van der Waals surface area contributed by atoms with E-state index in [-0.39, 0.29) is 5.97 Å². The lowest BCUT2D eigenvalue weighted by molar-refractivity contribution is -0.140. The van der Waals surface area contributed by atoms with Crippen molar-refractivity contribution in [2.24, 2.45) is 0 Å². The Morgan fingerprint density at radius 2 is 1.92 bits per heavy atom. The smallest absolute Gasteiger partial charge is 0.306 e. The number of carbonyl (C=O) groups is 1. The molecule has 0 N–H and O–H groups in total. The van der Waals surface area contributed by atoms with Crippen molar-refractivity contribution in [3.63, 3.8) is 0 Å². The number of thioether (sulfide) groups is 1. The lowest BCUT2D eigenvalue weighted by Gasteiger charge is -2.12. The molecule has 0 fully saturated rings. The van der Waals surface area contributed by atoms with Crippen LogP contribution in [0.15, 0.2) is 53.7 Å². The molecular formula is C19H21N3O2S. The van der Waals surface area contributed by atoms with Gasteiger partial charge in [0, 0.05) is 48.4 Å². The summed E-state index contributed by atoms with van der Waals surface area (Å²) < 4.78 is 6.69. The minimum Gasteiger partial charge on any atom is -0.469 e. The summed E-state index contributed by atoms with van der Waals surface area (Å²) in [6.45, 7) is 0. The molecular weight excluding hydrogens is 334 g/mol. The number of methoxy groups -OCH3 is 1. The van der Waals surface area contributed by atoms with E-state index in [1.807, 2.05) is 43.0 Å². The van der Waals surface area contributed by atoms with Crippen LogP contribution in [0.25, 0.3) is 16.9 Å². The fraction of sp³-hybridized carbons (Fsp3) is 0.263.